The molecule has 0 saturated carbocycles. The standard InChI is InChI=1S/C26H25N5OS/c1-17-8-9-22(16-18(17)2)31-24(21-10-13-27-14-11-21)28-29-26(31)33-19(3)25(32)30-15-12-20-6-4-5-7-23(20)30/h4-11,13-14,16,19H,12,15H2,1-3H3. The highest BCUT2D eigenvalue weighted by Crippen LogP contribution is 2.34. The lowest BCUT2D eigenvalue weighted by Crippen LogP contribution is -2.35. The third-order valence-electron chi connectivity index (χ3n) is 6.10. The molecule has 1 unspecified atom stereocenters. The minimum absolute atomic E-state index is 0.0880. The summed E-state index contributed by atoms with van der Waals surface area (Å²) in [6.07, 6.45) is 4.39. The lowest BCUT2D eigenvalue weighted by molar-refractivity contribution is -0.117. The summed E-state index contributed by atoms with van der Waals surface area (Å²) in [6, 6.07) is 18.3. The van der Waals surface area contributed by atoms with Crippen LogP contribution in [0, 0.1) is 13.8 Å². The van der Waals surface area contributed by atoms with Crippen LogP contribution in [0.4, 0.5) is 5.69 Å². The molecular weight excluding hydrogens is 430 g/mol. The fourth-order valence-electron chi connectivity index (χ4n) is 4.13. The number of anilines is 1. The summed E-state index contributed by atoms with van der Waals surface area (Å²) in [6.45, 7) is 6.85. The molecule has 0 aliphatic carbocycles. The third-order valence-corrected chi connectivity index (χ3v) is 7.13. The summed E-state index contributed by atoms with van der Waals surface area (Å²) in [5.74, 6) is 0.819. The van der Waals surface area contributed by atoms with Gasteiger partial charge < -0.3 is 4.90 Å². The molecule has 7 heteroatoms. The molecule has 0 fully saturated rings. The number of nitrogens with zero attached hydrogens (tertiary/aromatic N) is 5. The number of fused-ring (bicyclic) bond motifs is 1. The molecule has 1 aliphatic heterocycles. The van der Waals surface area contributed by atoms with Crippen LogP contribution in [0.25, 0.3) is 17.1 Å². The van der Waals surface area contributed by atoms with E-state index in [4.69, 9.17) is 0 Å². The topological polar surface area (TPSA) is 63.9 Å². The number of pyridine rings is 1. The van der Waals surface area contributed by atoms with Gasteiger partial charge >= 0.3 is 0 Å². The van der Waals surface area contributed by atoms with Gasteiger partial charge in [-0.1, -0.05) is 36.0 Å². The molecule has 4 aromatic rings. The molecule has 0 radical (unpaired) electrons. The van der Waals surface area contributed by atoms with E-state index >= 15 is 0 Å². The minimum Gasteiger partial charge on any atom is -0.311 e. The molecule has 0 saturated heterocycles. The van der Waals surface area contributed by atoms with E-state index in [1.165, 1.54) is 28.5 Å². The molecule has 166 valence electrons. The molecule has 2 aromatic heterocycles. The Morgan fingerprint density at radius 2 is 1.79 bits per heavy atom. The van der Waals surface area contributed by atoms with Gasteiger partial charge in [0.1, 0.15) is 0 Å². The monoisotopic (exact) mass is 455 g/mol. The van der Waals surface area contributed by atoms with Gasteiger partial charge in [0.05, 0.1) is 10.9 Å². The quantitative estimate of drug-likeness (QED) is 0.396. The second-order valence-corrected chi connectivity index (χ2v) is 9.58. The second-order valence-electron chi connectivity index (χ2n) is 8.27. The van der Waals surface area contributed by atoms with Gasteiger partial charge in [-0.05, 0) is 74.2 Å². The molecule has 2 aromatic carbocycles. The Hall–Kier alpha value is -3.45. The largest absolute Gasteiger partial charge is 0.311 e. The van der Waals surface area contributed by atoms with E-state index in [0.717, 1.165) is 35.7 Å². The van der Waals surface area contributed by atoms with Crippen molar-refractivity contribution in [2.45, 2.75) is 37.6 Å². The van der Waals surface area contributed by atoms with Crippen molar-refractivity contribution in [1.29, 1.82) is 0 Å². The van der Waals surface area contributed by atoms with E-state index in [-0.39, 0.29) is 11.2 Å². The molecule has 1 amide bonds. The lowest BCUT2D eigenvalue weighted by atomic mass is 10.1. The van der Waals surface area contributed by atoms with Crippen LogP contribution in [0.3, 0.4) is 0 Å². The number of amides is 1. The van der Waals surface area contributed by atoms with Gasteiger partial charge in [0.25, 0.3) is 0 Å². The van der Waals surface area contributed by atoms with Crippen molar-refractivity contribution in [1.82, 2.24) is 19.7 Å². The van der Waals surface area contributed by atoms with E-state index in [1.807, 2.05) is 46.7 Å². The van der Waals surface area contributed by atoms with Crippen LogP contribution >= 0.6 is 11.8 Å². The number of hydrogen-bond acceptors (Lipinski definition) is 5. The molecule has 0 bridgehead atoms. The first-order valence-corrected chi connectivity index (χ1v) is 11.9. The highest BCUT2D eigenvalue weighted by atomic mass is 32.2. The van der Waals surface area contributed by atoms with Gasteiger partial charge in [0.2, 0.25) is 5.91 Å². The maximum atomic E-state index is 13.4. The van der Waals surface area contributed by atoms with Crippen LogP contribution in [0.15, 0.2) is 72.1 Å². The van der Waals surface area contributed by atoms with Gasteiger partial charge in [0.15, 0.2) is 11.0 Å². The number of aromatic nitrogens is 4. The Morgan fingerprint density at radius 1 is 1.00 bits per heavy atom. The van der Waals surface area contributed by atoms with Crippen LogP contribution in [0.5, 0.6) is 0 Å². The van der Waals surface area contributed by atoms with E-state index < -0.39 is 0 Å². The summed E-state index contributed by atoms with van der Waals surface area (Å²) in [4.78, 5) is 19.4. The molecule has 0 N–H and O–H groups in total. The number of para-hydroxylation sites is 1. The van der Waals surface area contributed by atoms with Crippen LogP contribution in [0.2, 0.25) is 0 Å². The summed E-state index contributed by atoms with van der Waals surface area (Å²) >= 11 is 1.44. The highest BCUT2D eigenvalue weighted by molar-refractivity contribution is 8.00. The molecule has 33 heavy (non-hydrogen) atoms. The molecule has 1 aliphatic rings. The van der Waals surface area contributed by atoms with Crippen LogP contribution < -0.4 is 4.90 Å². The number of thioether (sulfide) groups is 1. The lowest BCUT2D eigenvalue weighted by Gasteiger charge is -2.21. The van der Waals surface area contributed by atoms with Crippen molar-refractivity contribution in [3.8, 4) is 17.1 Å². The zero-order valence-corrected chi connectivity index (χ0v) is 19.7. The highest BCUT2D eigenvalue weighted by Gasteiger charge is 2.30. The Bertz CT molecular complexity index is 1320. The first-order valence-electron chi connectivity index (χ1n) is 11.0. The van der Waals surface area contributed by atoms with Crippen molar-refractivity contribution in [3.63, 3.8) is 0 Å². The normalized spacial score (nSPS) is 13.7. The summed E-state index contributed by atoms with van der Waals surface area (Å²) < 4.78 is 2.04. The van der Waals surface area contributed by atoms with Crippen LogP contribution in [-0.2, 0) is 11.2 Å². The fraction of sp³-hybridized carbons (Fsp3) is 0.231. The number of carbonyl (C=O) groups excluding carboxylic acids is 1. The average molecular weight is 456 g/mol. The first kappa shape index (κ1) is 21.4. The summed E-state index contributed by atoms with van der Waals surface area (Å²) in [7, 11) is 0. The van der Waals surface area contributed by atoms with Crippen molar-refractivity contribution in [3.05, 3.63) is 83.7 Å². The van der Waals surface area contributed by atoms with Crippen molar-refractivity contribution in [2.75, 3.05) is 11.4 Å². The van der Waals surface area contributed by atoms with Gasteiger partial charge in [-0.3, -0.25) is 14.3 Å². The zero-order chi connectivity index (χ0) is 22.9. The van der Waals surface area contributed by atoms with Crippen molar-refractivity contribution in [2.24, 2.45) is 0 Å². The third kappa shape index (κ3) is 4.04. The zero-order valence-electron chi connectivity index (χ0n) is 18.9. The minimum atomic E-state index is -0.309. The maximum Gasteiger partial charge on any atom is 0.240 e. The van der Waals surface area contributed by atoms with E-state index in [0.29, 0.717) is 5.16 Å². The molecule has 6 nitrogen and oxygen atoms in total. The smallest absolute Gasteiger partial charge is 0.240 e. The first-order chi connectivity index (χ1) is 16.0. The number of hydrogen-bond donors (Lipinski definition) is 0. The van der Waals surface area contributed by atoms with Crippen molar-refractivity contribution >= 4 is 23.4 Å². The second kappa shape index (κ2) is 8.83. The Labute approximate surface area is 197 Å². The number of benzene rings is 2. The Morgan fingerprint density at radius 3 is 2.58 bits per heavy atom. The van der Waals surface area contributed by atoms with Crippen LogP contribution in [-0.4, -0.2) is 37.5 Å². The number of rotatable bonds is 5. The Kier molecular flexibility index (Phi) is 5.72. The summed E-state index contributed by atoms with van der Waals surface area (Å²) in [5, 5.41) is 9.38. The van der Waals surface area contributed by atoms with E-state index in [1.54, 1.807) is 12.4 Å². The summed E-state index contributed by atoms with van der Waals surface area (Å²) in [5.41, 5.74) is 6.56. The molecule has 1 atom stereocenters. The Balaban J connectivity index is 1.50. The number of aryl methyl sites for hydroxylation is 2. The van der Waals surface area contributed by atoms with E-state index in [9.17, 15) is 4.79 Å². The molecule has 5 rings (SSSR count). The van der Waals surface area contributed by atoms with Gasteiger partial charge in [-0.2, -0.15) is 0 Å². The molecular formula is C26H25N5OS. The van der Waals surface area contributed by atoms with Gasteiger partial charge in [0, 0.05) is 30.2 Å². The fourth-order valence-corrected chi connectivity index (χ4v) is 5.06. The average Bonchev–Trinajstić information content (AvgIpc) is 3.45. The van der Waals surface area contributed by atoms with Gasteiger partial charge in [-0.15, -0.1) is 10.2 Å². The van der Waals surface area contributed by atoms with Gasteiger partial charge in [-0.25, -0.2) is 0 Å². The van der Waals surface area contributed by atoms with E-state index in [2.05, 4.69) is 53.3 Å². The maximum absolute atomic E-state index is 13.4. The predicted molar refractivity (Wildman–Crippen MR) is 132 cm³/mol. The predicted octanol–water partition coefficient (Wildman–Crippen LogP) is 5.02. The SMILES string of the molecule is Cc1ccc(-n2c(SC(C)C(=O)N3CCc4ccccc43)nnc2-c2ccncc2)cc1C. The van der Waals surface area contributed by atoms with Crippen LogP contribution in [0.1, 0.15) is 23.6 Å². The number of carbonyl (C=O) groups is 1. The molecule has 0 spiro atoms. The molecule has 3 heterocycles. The van der Waals surface area contributed by atoms with Crippen molar-refractivity contribution < 1.29 is 4.79 Å².